The molecule has 1 aromatic heterocycles. The average molecular weight is 464 g/mol. The molecule has 0 atom stereocenters. The number of hydrogen-bond acceptors (Lipinski definition) is 4. The van der Waals surface area contributed by atoms with E-state index in [-0.39, 0.29) is 24.0 Å². The van der Waals surface area contributed by atoms with E-state index in [2.05, 4.69) is 10.3 Å². The van der Waals surface area contributed by atoms with Crippen LogP contribution in [-0.2, 0) is 17.8 Å². The van der Waals surface area contributed by atoms with E-state index in [1.54, 1.807) is 30.3 Å². The zero-order valence-electron chi connectivity index (χ0n) is 17.4. The summed E-state index contributed by atoms with van der Waals surface area (Å²) in [7, 11) is 0. The first-order chi connectivity index (χ1) is 16.1. The molecular formula is C25H19F2N3O2S. The predicted octanol–water partition coefficient (Wildman–Crippen LogP) is 5.30. The number of nitrogens with one attached hydrogen (secondary N) is 1. The Balaban J connectivity index is 1.57. The zero-order chi connectivity index (χ0) is 22.8. The molecule has 0 unspecified atom stereocenters. The van der Waals surface area contributed by atoms with Gasteiger partial charge >= 0.3 is 0 Å². The van der Waals surface area contributed by atoms with Crippen LogP contribution in [0.3, 0.4) is 0 Å². The lowest BCUT2D eigenvalue weighted by molar-refractivity contribution is -0.118. The molecule has 0 radical (unpaired) electrons. The molecule has 0 aliphatic carbocycles. The van der Waals surface area contributed by atoms with Crippen molar-refractivity contribution in [2.45, 2.75) is 13.0 Å². The molecule has 1 N–H and O–H groups in total. The normalized spacial score (nSPS) is 13.4. The summed E-state index contributed by atoms with van der Waals surface area (Å²) in [6.45, 7) is 0.547. The minimum absolute atomic E-state index is 0.00582. The minimum atomic E-state index is -0.397. The molecule has 1 aliphatic rings. The fraction of sp³-hybridized carbons (Fsp3) is 0.120. The van der Waals surface area contributed by atoms with Gasteiger partial charge in [0, 0.05) is 17.5 Å². The first-order valence-corrected chi connectivity index (χ1v) is 11.2. The van der Waals surface area contributed by atoms with Gasteiger partial charge in [-0.2, -0.15) is 0 Å². The maximum Gasteiger partial charge on any atom is 0.262 e. The molecule has 33 heavy (non-hydrogen) atoms. The predicted molar refractivity (Wildman–Crippen MR) is 124 cm³/mol. The zero-order valence-corrected chi connectivity index (χ0v) is 18.2. The van der Waals surface area contributed by atoms with E-state index in [1.165, 1.54) is 29.5 Å². The van der Waals surface area contributed by atoms with Crippen molar-refractivity contribution in [2.75, 3.05) is 11.9 Å². The molecule has 4 aromatic rings. The van der Waals surface area contributed by atoms with Gasteiger partial charge in [-0.1, -0.05) is 24.3 Å². The molecule has 166 valence electrons. The topological polar surface area (TPSA) is 55.6 Å². The summed E-state index contributed by atoms with van der Waals surface area (Å²) in [5, 5.41) is 4.78. The summed E-state index contributed by atoms with van der Waals surface area (Å²) in [6, 6.07) is 18.3. The van der Waals surface area contributed by atoms with Crippen molar-refractivity contribution in [3.8, 4) is 17.0 Å². The molecule has 1 amide bonds. The molecule has 5 nitrogen and oxygen atoms in total. The second kappa shape index (κ2) is 8.99. The third-order valence-corrected chi connectivity index (χ3v) is 6.18. The van der Waals surface area contributed by atoms with Crippen molar-refractivity contribution < 1.29 is 18.3 Å². The molecule has 0 saturated carbocycles. The fourth-order valence-electron chi connectivity index (χ4n) is 3.65. The Bertz CT molecular complexity index is 1390. The van der Waals surface area contributed by atoms with Gasteiger partial charge in [-0.05, 0) is 54.4 Å². The van der Waals surface area contributed by atoms with Crippen LogP contribution in [0, 0.1) is 11.6 Å². The highest BCUT2D eigenvalue weighted by molar-refractivity contribution is 7.07. The van der Waals surface area contributed by atoms with Crippen molar-refractivity contribution >= 4 is 28.6 Å². The first-order valence-electron chi connectivity index (χ1n) is 10.4. The Hall–Kier alpha value is -3.78. The standard InChI is InChI=1S/C25H19F2N3O2S/c26-18-8-5-16(6-9-18)11-12-30-22(15-33-25(30)29-20-4-2-1-3-19(20)27)17-7-10-23-21(13-17)28-24(31)14-32-23/h1-10,13,15H,11-12,14H2,(H,28,31). The third kappa shape index (κ3) is 4.56. The highest BCUT2D eigenvalue weighted by atomic mass is 32.1. The van der Waals surface area contributed by atoms with E-state index >= 15 is 0 Å². The van der Waals surface area contributed by atoms with Crippen LogP contribution in [0.4, 0.5) is 20.2 Å². The van der Waals surface area contributed by atoms with Crippen molar-refractivity contribution in [3.05, 3.63) is 94.1 Å². The summed E-state index contributed by atoms with van der Waals surface area (Å²) in [4.78, 5) is 16.9. The molecule has 1 aliphatic heterocycles. The molecule has 0 saturated heterocycles. The maximum atomic E-state index is 14.3. The van der Waals surface area contributed by atoms with E-state index in [1.807, 2.05) is 28.1 Å². The van der Waals surface area contributed by atoms with Crippen LogP contribution in [-0.4, -0.2) is 17.1 Å². The molecule has 0 spiro atoms. The number of carbonyl (C=O) groups excluding carboxylic acids is 1. The SMILES string of the molecule is O=C1COc2ccc(-c3csc(=Nc4ccccc4F)n3CCc3ccc(F)cc3)cc2N1. The number of anilines is 1. The molecule has 8 heteroatoms. The monoisotopic (exact) mass is 463 g/mol. The summed E-state index contributed by atoms with van der Waals surface area (Å²) in [5.74, 6) is -0.269. The largest absolute Gasteiger partial charge is 0.482 e. The lowest BCUT2D eigenvalue weighted by atomic mass is 10.1. The number of rotatable bonds is 5. The van der Waals surface area contributed by atoms with Crippen molar-refractivity contribution in [3.63, 3.8) is 0 Å². The number of thiazole rings is 1. The summed E-state index contributed by atoms with van der Waals surface area (Å²) in [5.41, 5.74) is 3.58. The number of aromatic nitrogens is 1. The van der Waals surface area contributed by atoms with E-state index < -0.39 is 5.82 Å². The number of carbonyl (C=O) groups is 1. The molecule has 3 aromatic carbocycles. The number of benzene rings is 3. The van der Waals surface area contributed by atoms with Crippen LogP contribution in [0.2, 0.25) is 0 Å². The highest BCUT2D eigenvalue weighted by Crippen LogP contribution is 2.33. The van der Waals surface area contributed by atoms with Crippen LogP contribution in [0.25, 0.3) is 11.3 Å². The van der Waals surface area contributed by atoms with Gasteiger partial charge in [0.05, 0.1) is 11.4 Å². The van der Waals surface area contributed by atoms with Gasteiger partial charge in [-0.25, -0.2) is 13.8 Å². The van der Waals surface area contributed by atoms with Gasteiger partial charge in [0.2, 0.25) is 0 Å². The van der Waals surface area contributed by atoms with Crippen molar-refractivity contribution in [2.24, 2.45) is 4.99 Å². The van der Waals surface area contributed by atoms with Gasteiger partial charge < -0.3 is 14.6 Å². The highest BCUT2D eigenvalue weighted by Gasteiger charge is 2.18. The number of nitrogens with zero attached hydrogens (tertiary/aromatic N) is 2. The van der Waals surface area contributed by atoms with Gasteiger partial charge in [-0.15, -0.1) is 11.3 Å². The van der Waals surface area contributed by atoms with E-state index in [0.29, 0.717) is 29.2 Å². The lowest BCUT2D eigenvalue weighted by Gasteiger charge is -2.19. The Morgan fingerprint density at radius 2 is 1.88 bits per heavy atom. The van der Waals surface area contributed by atoms with Crippen molar-refractivity contribution in [1.82, 2.24) is 4.57 Å². The molecule has 0 bridgehead atoms. The Morgan fingerprint density at radius 1 is 1.06 bits per heavy atom. The van der Waals surface area contributed by atoms with E-state index in [0.717, 1.165) is 16.8 Å². The summed E-state index contributed by atoms with van der Waals surface area (Å²) < 4.78 is 35.0. The fourth-order valence-corrected chi connectivity index (χ4v) is 4.59. The van der Waals surface area contributed by atoms with Crippen LogP contribution in [0.5, 0.6) is 5.75 Å². The molecular weight excluding hydrogens is 444 g/mol. The number of ether oxygens (including phenoxy) is 1. The molecule has 5 rings (SSSR count). The quantitative estimate of drug-likeness (QED) is 0.437. The summed E-state index contributed by atoms with van der Waals surface area (Å²) in [6.07, 6.45) is 0.638. The number of para-hydroxylation sites is 1. The second-order valence-corrected chi connectivity index (χ2v) is 8.38. The number of amides is 1. The third-order valence-electron chi connectivity index (χ3n) is 5.31. The lowest BCUT2D eigenvalue weighted by Crippen LogP contribution is -2.25. The van der Waals surface area contributed by atoms with Crippen LogP contribution in [0.15, 0.2) is 77.1 Å². The average Bonchev–Trinajstić information content (AvgIpc) is 3.22. The molecule has 0 fully saturated rings. The Kier molecular flexibility index (Phi) is 5.75. The van der Waals surface area contributed by atoms with Crippen LogP contribution in [0.1, 0.15) is 5.56 Å². The van der Waals surface area contributed by atoms with Gasteiger partial charge in [0.1, 0.15) is 23.1 Å². The Morgan fingerprint density at radius 3 is 2.70 bits per heavy atom. The van der Waals surface area contributed by atoms with Crippen molar-refractivity contribution in [1.29, 1.82) is 0 Å². The van der Waals surface area contributed by atoms with Crippen LogP contribution < -0.4 is 14.9 Å². The number of fused-ring (bicyclic) bond motifs is 1. The maximum absolute atomic E-state index is 14.3. The number of halogens is 2. The summed E-state index contributed by atoms with van der Waals surface area (Å²) >= 11 is 1.40. The van der Waals surface area contributed by atoms with E-state index in [9.17, 15) is 13.6 Å². The number of aryl methyl sites for hydroxylation is 1. The smallest absolute Gasteiger partial charge is 0.262 e. The van der Waals surface area contributed by atoms with Gasteiger partial charge in [-0.3, -0.25) is 4.79 Å². The second-order valence-electron chi connectivity index (χ2n) is 7.54. The Labute approximate surface area is 192 Å². The van der Waals surface area contributed by atoms with Gasteiger partial charge in [0.25, 0.3) is 5.91 Å². The first kappa shape index (κ1) is 21.1. The van der Waals surface area contributed by atoms with Crippen LogP contribution >= 0.6 is 11.3 Å². The number of hydrogen-bond donors (Lipinski definition) is 1. The van der Waals surface area contributed by atoms with E-state index in [4.69, 9.17) is 4.74 Å². The molecule has 2 heterocycles. The van der Waals surface area contributed by atoms with Gasteiger partial charge in [0.15, 0.2) is 11.4 Å². The minimum Gasteiger partial charge on any atom is -0.482 e.